The highest BCUT2D eigenvalue weighted by atomic mass is 32.2. The van der Waals surface area contributed by atoms with Crippen LogP contribution in [0.4, 0.5) is 10.5 Å². The SMILES string of the molecule is CCS(=O)CCNC(=O)Nc1ccc(CN)cc1. The summed E-state index contributed by atoms with van der Waals surface area (Å²) in [6.07, 6.45) is 0. The van der Waals surface area contributed by atoms with Gasteiger partial charge < -0.3 is 16.4 Å². The van der Waals surface area contributed by atoms with Crippen LogP contribution in [0.2, 0.25) is 0 Å². The molecular weight excluding hydrogens is 250 g/mol. The third kappa shape index (κ3) is 5.29. The van der Waals surface area contributed by atoms with Crippen LogP contribution >= 0.6 is 0 Å². The molecule has 2 amide bonds. The van der Waals surface area contributed by atoms with E-state index in [2.05, 4.69) is 10.6 Å². The molecule has 6 heteroatoms. The van der Waals surface area contributed by atoms with Gasteiger partial charge in [-0.25, -0.2) is 4.79 Å². The fraction of sp³-hybridized carbons (Fsp3) is 0.417. The van der Waals surface area contributed by atoms with Gasteiger partial charge in [0.05, 0.1) is 0 Å². The number of benzene rings is 1. The van der Waals surface area contributed by atoms with Crippen molar-refractivity contribution in [2.24, 2.45) is 5.73 Å². The summed E-state index contributed by atoms with van der Waals surface area (Å²) in [5, 5.41) is 5.35. The van der Waals surface area contributed by atoms with Gasteiger partial charge in [-0.15, -0.1) is 0 Å². The first kappa shape index (κ1) is 14.7. The first-order chi connectivity index (χ1) is 8.65. The van der Waals surface area contributed by atoms with Gasteiger partial charge in [0, 0.05) is 41.1 Å². The van der Waals surface area contributed by atoms with E-state index < -0.39 is 10.8 Å². The lowest BCUT2D eigenvalue weighted by molar-refractivity contribution is 0.252. The molecule has 100 valence electrons. The second-order valence-electron chi connectivity index (χ2n) is 3.71. The molecule has 1 aromatic rings. The van der Waals surface area contributed by atoms with Crippen LogP contribution in [0, 0.1) is 0 Å². The largest absolute Gasteiger partial charge is 0.337 e. The maximum atomic E-state index is 11.5. The Kier molecular flexibility index (Phi) is 6.38. The number of urea groups is 1. The van der Waals surface area contributed by atoms with Crippen molar-refractivity contribution in [3.05, 3.63) is 29.8 Å². The molecule has 1 rings (SSSR count). The number of hydrogen-bond donors (Lipinski definition) is 3. The van der Waals surface area contributed by atoms with Crippen molar-refractivity contribution in [3.8, 4) is 0 Å². The summed E-state index contributed by atoms with van der Waals surface area (Å²) in [6, 6.07) is 7.03. The molecule has 0 radical (unpaired) electrons. The molecular formula is C12H19N3O2S. The van der Waals surface area contributed by atoms with E-state index in [1.54, 1.807) is 12.1 Å². The number of carbonyl (C=O) groups is 1. The summed E-state index contributed by atoms with van der Waals surface area (Å²) in [7, 11) is -0.851. The van der Waals surface area contributed by atoms with E-state index in [0.717, 1.165) is 5.56 Å². The molecule has 0 saturated heterocycles. The van der Waals surface area contributed by atoms with Gasteiger partial charge in [0.25, 0.3) is 0 Å². The summed E-state index contributed by atoms with van der Waals surface area (Å²) in [5.41, 5.74) is 7.20. The molecule has 0 aromatic heterocycles. The van der Waals surface area contributed by atoms with Crippen LogP contribution in [0.5, 0.6) is 0 Å². The summed E-state index contributed by atoms with van der Waals surface area (Å²) in [6.45, 7) is 2.75. The highest BCUT2D eigenvalue weighted by molar-refractivity contribution is 7.84. The van der Waals surface area contributed by atoms with Gasteiger partial charge in [0.2, 0.25) is 0 Å². The van der Waals surface area contributed by atoms with Crippen LogP contribution in [0.25, 0.3) is 0 Å². The Balaban J connectivity index is 2.32. The van der Waals surface area contributed by atoms with E-state index in [9.17, 15) is 9.00 Å². The highest BCUT2D eigenvalue weighted by Gasteiger charge is 2.02. The van der Waals surface area contributed by atoms with Crippen LogP contribution in [0.3, 0.4) is 0 Å². The summed E-state index contributed by atoms with van der Waals surface area (Å²) in [5.74, 6) is 1.10. The molecule has 1 atom stereocenters. The zero-order chi connectivity index (χ0) is 13.4. The second kappa shape index (κ2) is 7.84. The van der Waals surface area contributed by atoms with Crippen molar-refractivity contribution in [2.75, 3.05) is 23.4 Å². The van der Waals surface area contributed by atoms with Gasteiger partial charge in [-0.05, 0) is 17.7 Å². The zero-order valence-electron chi connectivity index (χ0n) is 10.4. The van der Waals surface area contributed by atoms with Crippen molar-refractivity contribution in [1.29, 1.82) is 0 Å². The van der Waals surface area contributed by atoms with Crippen LogP contribution in [-0.2, 0) is 17.3 Å². The predicted octanol–water partition coefficient (Wildman–Crippen LogP) is 1.04. The van der Waals surface area contributed by atoms with Crippen LogP contribution in [-0.4, -0.2) is 28.3 Å². The predicted molar refractivity (Wildman–Crippen MR) is 74.9 cm³/mol. The quantitative estimate of drug-likeness (QED) is 0.721. The number of nitrogens with two attached hydrogens (primary N) is 1. The Hall–Kier alpha value is -1.40. The Bertz CT molecular complexity index is 406. The smallest absolute Gasteiger partial charge is 0.319 e. The third-order valence-corrected chi connectivity index (χ3v) is 3.69. The molecule has 0 aliphatic carbocycles. The van der Waals surface area contributed by atoms with E-state index in [-0.39, 0.29) is 6.03 Å². The maximum Gasteiger partial charge on any atom is 0.319 e. The molecule has 0 saturated carbocycles. The molecule has 0 heterocycles. The van der Waals surface area contributed by atoms with Crippen LogP contribution in [0.1, 0.15) is 12.5 Å². The van der Waals surface area contributed by atoms with Crippen molar-refractivity contribution in [1.82, 2.24) is 5.32 Å². The van der Waals surface area contributed by atoms with E-state index in [4.69, 9.17) is 5.73 Å². The monoisotopic (exact) mass is 269 g/mol. The minimum atomic E-state index is -0.851. The zero-order valence-corrected chi connectivity index (χ0v) is 11.3. The van der Waals surface area contributed by atoms with Crippen molar-refractivity contribution in [2.45, 2.75) is 13.5 Å². The first-order valence-electron chi connectivity index (χ1n) is 5.84. The van der Waals surface area contributed by atoms with Gasteiger partial charge in [0.15, 0.2) is 0 Å². The third-order valence-electron chi connectivity index (χ3n) is 2.38. The summed E-state index contributed by atoms with van der Waals surface area (Å²) < 4.78 is 11.1. The molecule has 1 unspecified atom stereocenters. The maximum absolute atomic E-state index is 11.5. The van der Waals surface area contributed by atoms with Crippen molar-refractivity contribution in [3.63, 3.8) is 0 Å². The minimum Gasteiger partial charge on any atom is -0.337 e. The molecule has 0 fully saturated rings. The molecule has 0 spiro atoms. The highest BCUT2D eigenvalue weighted by Crippen LogP contribution is 2.08. The average molecular weight is 269 g/mol. The van der Waals surface area contributed by atoms with Gasteiger partial charge in [-0.2, -0.15) is 0 Å². The van der Waals surface area contributed by atoms with E-state index in [1.165, 1.54) is 0 Å². The Morgan fingerprint density at radius 1 is 1.33 bits per heavy atom. The minimum absolute atomic E-state index is 0.288. The van der Waals surface area contributed by atoms with E-state index in [1.807, 2.05) is 19.1 Å². The topological polar surface area (TPSA) is 84.2 Å². The Morgan fingerprint density at radius 3 is 2.56 bits per heavy atom. The lowest BCUT2D eigenvalue weighted by atomic mass is 10.2. The van der Waals surface area contributed by atoms with Gasteiger partial charge in [-0.1, -0.05) is 19.1 Å². The Labute approximate surface area is 110 Å². The number of carbonyl (C=O) groups excluding carboxylic acids is 1. The second-order valence-corrected chi connectivity index (χ2v) is 5.58. The molecule has 4 N–H and O–H groups in total. The van der Waals surface area contributed by atoms with Crippen LogP contribution in [0.15, 0.2) is 24.3 Å². The molecule has 1 aromatic carbocycles. The van der Waals surface area contributed by atoms with E-state index in [0.29, 0.717) is 30.3 Å². The lowest BCUT2D eigenvalue weighted by Crippen LogP contribution is -2.32. The van der Waals surface area contributed by atoms with Crippen LogP contribution < -0.4 is 16.4 Å². The standard InChI is InChI=1S/C12H19N3O2S/c1-2-18(17)8-7-14-12(16)15-11-5-3-10(9-13)4-6-11/h3-6H,2,7-9,13H2,1H3,(H2,14,15,16). The van der Waals surface area contributed by atoms with E-state index >= 15 is 0 Å². The van der Waals surface area contributed by atoms with Crippen molar-refractivity contribution >= 4 is 22.5 Å². The number of hydrogen-bond acceptors (Lipinski definition) is 3. The van der Waals surface area contributed by atoms with Gasteiger partial charge in [0.1, 0.15) is 0 Å². The fourth-order valence-electron chi connectivity index (χ4n) is 1.32. The van der Waals surface area contributed by atoms with Crippen molar-refractivity contribution < 1.29 is 9.00 Å². The fourth-order valence-corrected chi connectivity index (χ4v) is 1.94. The Morgan fingerprint density at radius 2 is 2.00 bits per heavy atom. The summed E-state index contributed by atoms with van der Waals surface area (Å²) in [4.78, 5) is 11.5. The normalized spacial score (nSPS) is 11.9. The first-order valence-corrected chi connectivity index (χ1v) is 7.33. The molecule has 0 aliphatic rings. The molecule has 5 nitrogen and oxygen atoms in total. The molecule has 18 heavy (non-hydrogen) atoms. The number of nitrogens with one attached hydrogen (secondary N) is 2. The molecule has 0 bridgehead atoms. The number of rotatable bonds is 6. The lowest BCUT2D eigenvalue weighted by Gasteiger charge is -2.07. The molecule has 0 aliphatic heterocycles. The van der Waals surface area contributed by atoms with Gasteiger partial charge in [-0.3, -0.25) is 4.21 Å². The van der Waals surface area contributed by atoms with Gasteiger partial charge >= 0.3 is 6.03 Å². The number of anilines is 1. The number of amides is 2. The summed E-state index contributed by atoms with van der Waals surface area (Å²) >= 11 is 0. The average Bonchev–Trinajstić information content (AvgIpc) is 2.39.